The molecule has 23 heavy (non-hydrogen) atoms. The molecule has 0 saturated carbocycles. The maximum Gasteiger partial charge on any atom is 0.255 e. The van der Waals surface area contributed by atoms with Crippen LogP contribution in [0.2, 0.25) is 10.0 Å². The summed E-state index contributed by atoms with van der Waals surface area (Å²) < 4.78 is 0. The van der Waals surface area contributed by atoms with Gasteiger partial charge in [-0.05, 0) is 30.7 Å². The average Bonchev–Trinajstić information content (AvgIpc) is 2.56. The summed E-state index contributed by atoms with van der Waals surface area (Å²) in [5.74, 6) is 0.543. The minimum absolute atomic E-state index is 0.0340. The number of anilines is 2. The Hall–Kier alpha value is -1.78. The lowest BCUT2D eigenvalue weighted by Gasteiger charge is -2.16. The fourth-order valence-corrected chi connectivity index (χ4v) is 2.55. The number of pyridine rings is 1. The van der Waals surface area contributed by atoms with Crippen molar-refractivity contribution in [1.29, 1.82) is 0 Å². The van der Waals surface area contributed by atoms with E-state index in [2.05, 4.69) is 17.2 Å². The van der Waals surface area contributed by atoms with Gasteiger partial charge in [0.25, 0.3) is 5.91 Å². The first-order chi connectivity index (χ1) is 11.0. The van der Waals surface area contributed by atoms with Gasteiger partial charge in [-0.1, -0.05) is 42.6 Å². The standard InChI is InChI=1S/C17H19Cl2N3O/c1-3-4-10-22(2)17(23)12-8-9-15(20-11-12)21-16-13(18)6-5-7-14(16)19/h5-9,11H,3-4,10H2,1-2H3,(H,20,21). The molecule has 1 aromatic heterocycles. The van der Waals surface area contributed by atoms with Crippen molar-refractivity contribution in [1.82, 2.24) is 9.88 Å². The smallest absolute Gasteiger partial charge is 0.255 e. The number of nitrogens with one attached hydrogen (secondary N) is 1. The molecule has 0 bridgehead atoms. The first-order valence-electron chi connectivity index (χ1n) is 7.45. The molecule has 0 spiro atoms. The molecule has 0 aliphatic carbocycles. The zero-order valence-electron chi connectivity index (χ0n) is 13.1. The predicted molar refractivity (Wildman–Crippen MR) is 95.9 cm³/mol. The van der Waals surface area contributed by atoms with Gasteiger partial charge >= 0.3 is 0 Å². The van der Waals surface area contributed by atoms with Gasteiger partial charge in [-0.3, -0.25) is 4.79 Å². The van der Waals surface area contributed by atoms with E-state index in [9.17, 15) is 4.79 Å². The van der Waals surface area contributed by atoms with Gasteiger partial charge in [-0.25, -0.2) is 4.98 Å². The normalized spacial score (nSPS) is 10.4. The van der Waals surface area contributed by atoms with Crippen LogP contribution < -0.4 is 5.32 Å². The Morgan fingerprint density at radius 1 is 1.22 bits per heavy atom. The van der Waals surface area contributed by atoms with Crippen molar-refractivity contribution < 1.29 is 4.79 Å². The number of aromatic nitrogens is 1. The summed E-state index contributed by atoms with van der Waals surface area (Å²) in [5.41, 5.74) is 1.15. The van der Waals surface area contributed by atoms with E-state index >= 15 is 0 Å². The first-order valence-corrected chi connectivity index (χ1v) is 8.21. The van der Waals surface area contributed by atoms with Crippen LogP contribution in [-0.2, 0) is 0 Å². The third-order valence-corrected chi connectivity index (χ3v) is 4.05. The van der Waals surface area contributed by atoms with Crippen LogP contribution in [0.4, 0.5) is 11.5 Å². The van der Waals surface area contributed by atoms with Gasteiger partial charge in [0, 0.05) is 19.8 Å². The van der Waals surface area contributed by atoms with E-state index < -0.39 is 0 Å². The minimum atomic E-state index is -0.0340. The summed E-state index contributed by atoms with van der Waals surface area (Å²) >= 11 is 12.2. The highest BCUT2D eigenvalue weighted by Gasteiger charge is 2.12. The number of amides is 1. The number of hydrogen-bond acceptors (Lipinski definition) is 3. The van der Waals surface area contributed by atoms with Gasteiger partial charge in [-0.2, -0.15) is 0 Å². The van der Waals surface area contributed by atoms with Crippen molar-refractivity contribution in [3.05, 3.63) is 52.1 Å². The molecule has 2 rings (SSSR count). The van der Waals surface area contributed by atoms with Crippen molar-refractivity contribution in [2.45, 2.75) is 19.8 Å². The molecule has 0 radical (unpaired) electrons. The molecule has 1 amide bonds. The van der Waals surface area contributed by atoms with Gasteiger partial charge < -0.3 is 10.2 Å². The number of nitrogens with zero attached hydrogens (tertiary/aromatic N) is 2. The summed E-state index contributed by atoms with van der Waals surface area (Å²) in [5, 5.41) is 4.10. The summed E-state index contributed by atoms with van der Waals surface area (Å²) in [6.45, 7) is 2.84. The van der Waals surface area contributed by atoms with E-state index in [1.54, 1.807) is 48.5 Å². The molecule has 1 N–H and O–H groups in total. The molecule has 6 heteroatoms. The number of hydrogen-bond donors (Lipinski definition) is 1. The van der Waals surface area contributed by atoms with Gasteiger partial charge in [0.15, 0.2) is 0 Å². The average molecular weight is 352 g/mol. The van der Waals surface area contributed by atoms with Crippen LogP contribution in [0.1, 0.15) is 30.1 Å². The summed E-state index contributed by atoms with van der Waals surface area (Å²) in [6, 6.07) is 8.75. The van der Waals surface area contributed by atoms with Gasteiger partial charge in [0.1, 0.15) is 5.82 Å². The quantitative estimate of drug-likeness (QED) is 0.795. The summed E-state index contributed by atoms with van der Waals surface area (Å²) in [4.78, 5) is 18.2. The molecule has 0 fully saturated rings. The minimum Gasteiger partial charge on any atom is -0.342 e. The van der Waals surface area contributed by atoms with E-state index in [-0.39, 0.29) is 5.91 Å². The monoisotopic (exact) mass is 351 g/mol. The van der Waals surface area contributed by atoms with Crippen LogP contribution in [0.3, 0.4) is 0 Å². The van der Waals surface area contributed by atoms with Gasteiger partial charge in [-0.15, -0.1) is 0 Å². The first kappa shape index (κ1) is 17.6. The summed E-state index contributed by atoms with van der Waals surface area (Å²) in [7, 11) is 1.80. The van der Waals surface area contributed by atoms with E-state index in [1.807, 2.05) is 0 Å². The molecule has 0 aliphatic rings. The van der Waals surface area contributed by atoms with Gasteiger partial charge in [0.2, 0.25) is 0 Å². The second-order valence-electron chi connectivity index (χ2n) is 5.23. The van der Waals surface area contributed by atoms with Crippen LogP contribution in [0.15, 0.2) is 36.5 Å². The Morgan fingerprint density at radius 2 is 1.91 bits per heavy atom. The Morgan fingerprint density at radius 3 is 2.48 bits per heavy atom. The Kier molecular flexibility index (Phi) is 6.25. The third kappa shape index (κ3) is 4.60. The number of para-hydroxylation sites is 1. The highest BCUT2D eigenvalue weighted by molar-refractivity contribution is 6.39. The molecule has 0 saturated heterocycles. The fraction of sp³-hybridized carbons (Fsp3) is 0.294. The second-order valence-corrected chi connectivity index (χ2v) is 6.05. The van der Waals surface area contributed by atoms with Crippen LogP contribution in [0.5, 0.6) is 0 Å². The maximum atomic E-state index is 12.3. The van der Waals surface area contributed by atoms with Gasteiger partial charge in [0.05, 0.1) is 21.3 Å². The maximum absolute atomic E-state index is 12.3. The lowest BCUT2D eigenvalue weighted by Crippen LogP contribution is -2.27. The Bertz CT molecular complexity index is 654. The number of carbonyl (C=O) groups is 1. The fourth-order valence-electron chi connectivity index (χ4n) is 2.06. The van der Waals surface area contributed by atoms with E-state index in [4.69, 9.17) is 23.2 Å². The molecular weight excluding hydrogens is 333 g/mol. The molecule has 0 aliphatic heterocycles. The van der Waals surface area contributed by atoms with Crippen molar-refractivity contribution >= 4 is 40.6 Å². The van der Waals surface area contributed by atoms with E-state index in [1.165, 1.54) is 0 Å². The van der Waals surface area contributed by atoms with Crippen LogP contribution in [0, 0.1) is 0 Å². The molecule has 0 atom stereocenters. The van der Waals surface area contributed by atoms with E-state index in [0.29, 0.717) is 27.1 Å². The highest BCUT2D eigenvalue weighted by Crippen LogP contribution is 2.31. The van der Waals surface area contributed by atoms with Crippen molar-refractivity contribution in [3.63, 3.8) is 0 Å². The number of benzene rings is 1. The SMILES string of the molecule is CCCCN(C)C(=O)c1ccc(Nc2c(Cl)cccc2Cl)nc1. The molecule has 122 valence electrons. The lowest BCUT2D eigenvalue weighted by atomic mass is 10.2. The predicted octanol–water partition coefficient (Wildman–Crippen LogP) is 5.00. The molecule has 1 aromatic carbocycles. The Balaban J connectivity index is 2.09. The molecule has 2 aromatic rings. The summed E-state index contributed by atoms with van der Waals surface area (Å²) in [6.07, 6.45) is 3.59. The molecule has 1 heterocycles. The highest BCUT2D eigenvalue weighted by atomic mass is 35.5. The topological polar surface area (TPSA) is 45.2 Å². The molecular formula is C17H19Cl2N3O. The van der Waals surface area contributed by atoms with Crippen LogP contribution in [-0.4, -0.2) is 29.4 Å². The van der Waals surface area contributed by atoms with Crippen molar-refractivity contribution in [2.75, 3.05) is 18.9 Å². The lowest BCUT2D eigenvalue weighted by molar-refractivity contribution is 0.0793. The zero-order valence-corrected chi connectivity index (χ0v) is 14.7. The zero-order chi connectivity index (χ0) is 16.8. The Labute approximate surface area is 146 Å². The van der Waals surface area contributed by atoms with E-state index in [0.717, 1.165) is 19.4 Å². The number of unbranched alkanes of at least 4 members (excludes halogenated alkanes) is 1. The van der Waals surface area contributed by atoms with Crippen molar-refractivity contribution in [3.8, 4) is 0 Å². The van der Waals surface area contributed by atoms with Crippen LogP contribution in [0.25, 0.3) is 0 Å². The van der Waals surface area contributed by atoms with Crippen molar-refractivity contribution in [2.24, 2.45) is 0 Å². The largest absolute Gasteiger partial charge is 0.342 e. The third-order valence-electron chi connectivity index (χ3n) is 3.42. The number of rotatable bonds is 6. The number of carbonyl (C=O) groups excluding carboxylic acids is 1. The molecule has 4 nitrogen and oxygen atoms in total. The molecule has 0 unspecified atom stereocenters. The number of halogens is 2. The van der Waals surface area contributed by atoms with Crippen LogP contribution >= 0.6 is 23.2 Å². The second kappa shape index (κ2) is 8.18.